The largest absolute Gasteiger partial charge is 0.487 e. The average molecular weight is 386 g/mol. The number of ether oxygens (including phenoxy) is 2. The lowest BCUT2D eigenvalue weighted by atomic mass is 10.1. The summed E-state index contributed by atoms with van der Waals surface area (Å²) in [6.45, 7) is 2.41. The molecule has 1 heterocycles. The van der Waals surface area contributed by atoms with Gasteiger partial charge >= 0.3 is 5.97 Å². The molecule has 24 heavy (non-hydrogen) atoms. The Balaban J connectivity index is 2.07. The lowest BCUT2D eigenvalue weighted by molar-refractivity contribution is 0.0520. The Morgan fingerprint density at radius 1 is 1.08 bits per heavy atom. The fraction of sp³-hybridized carbons (Fsp3) is 0.158. The molecule has 122 valence electrons. The number of halogens is 1. The van der Waals surface area contributed by atoms with Gasteiger partial charge in [-0.25, -0.2) is 9.78 Å². The summed E-state index contributed by atoms with van der Waals surface area (Å²) in [7, 11) is 0. The van der Waals surface area contributed by atoms with Crippen LogP contribution in [0, 0.1) is 0 Å². The second-order valence-electron chi connectivity index (χ2n) is 5.12. The number of nitrogens with zero attached hydrogens (tertiary/aromatic N) is 1. The molecule has 4 nitrogen and oxygen atoms in total. The highest BCUT2D eigenvalue weighted by Gasteiger charge is 2.22. The van der Waals surface area contributed by atoms with Gasteiger partial charge in [-0.05, 0) is 40.5 Å². The van der Waals surface area contributed by atoms with Crippen LogP contribution in [0.4, 0.5) is 0 Å². The zero-order valence-corrected chi connectivity index (χ0v) is 14.7. The Kier molecular flexibility index (Phi) is 5.11. The molecule has 0 aliphatic rings. The van der Waals surface area contributed by atoms with Crippen LogP contribution in [0.5, 0.6) is 5.75 Å². The molecule has 0 atom stereocenters. The molecule has 2 aromatic carbocycles. The van der Waals surface area contributed by atoms with Crippen LogP contribution >= 0.6 is 15.9 Å². The van der Waals surface area contributed by atoms with Crippen molar-refractivity contribution in [3.05, 3.63) is 70.3 Å². The molecule has 0 aliphatic heterocycles. The molecule has 0 bridgehead atoms. The third kappa shape index (κ3) is 3.41. The van der Waals surface area contributed by atoms with Gasteiger partial charge < -0.3 is 9.47 Å². The molecular formula is C19H16BrNO3. The van der Waals surface area contributed by atoms with E-state index < -0.39 is 5.97 Å². The highest BCUT2D eigenvalue weighted by molar-refractivity contribution is 9.10. The number of rotatable bonds is 5. The molecule has 1 aromatic heterocycles. The molecule has 0 fully saturated rings. The van der Waals surface area contributed by atoms with E-state index in [-0.39, 0.29) is 6.61 Å². The van der Waals surface area contributed by atoms with Gasteiger partial charge in [-0.3, -0.25) is 0 Å². The Morgan fingerprint density at radius 2 is 1.79 bits per heavy atom. The molecule has 0 amide bonds. The quantitative estimate of drug-likeness (QED) is 0.469. The SMILES string of the molecule is CCOC(=O)c1c(Br)nc2ccccc2c1OCc1ccccc1. The van der Waals surface area contributed by atoms with Gasteiger partial charge in [0.05, 0.1) is 12.1 Å². The first-order chi connectivity index (χ1) is 11.7. The van der Waals surface area contributed by atoms with Crippen LogP contribution in [0.1, 0.15) is 22.8 Å². The minimum absolute atomic E-state index is 0.288. The van der Waals surface area contributed by atoms with E-state index in [0.29, 0.717) is 22.5 Å². The monoisotopic (exact) mass is 385 g/mol. The summed E-state index contributed by atoms with van der Waals surface area (Å²) in [5.74, 6) is 0.0282. The number of pyridine rings is 1. The van der Waals surface area contributed by atoms with Gasteiger partial charge in [-0.15, -0.1) is 0 Å². The summed E-state index contributed by atoms with van der Waals surface area (Å²) in [4.78, 5) is 16.8. The summed E-state index contributed by atoms with van der Waals surface area (Å²) in [5, 5.41) is 0.777. The Labute approximate surface area is 148 Å². The molecule has 0 saturated carbocycles. The van der Waals surface area contributed by atoms with Crippen LogP contribution in [0.2, 0.25) is 0 Å². The molecule has 3 rings (SSSR count). The van der Waals surface area contributed by atoms with Crippen LogP contribution in [0.3, 0.4) is 0 Å². The fourth-order valence-electron chi connectivity index (χ4n) is 2.41. The van der Waals surface area contributed by atoms with E-state index in [1.165, 1.54) is 0 Å². The molecule has 0 saturated heterocycles. The van der Waals surface area contributed by atoms with E-state index in [0.717, 1.165) is 16.5 Å². The standard InChI is InChI=1S/C19H16BrNO3/c1-2-23-19(22)16-17(24-12-13-8-4-3-5-9-13)14-10-6-7-11-15(14)21-18(16)20/h3-11H,2,12H2,1H3. The first-order valence-electron chi connectivity index (χ1n) is 7.62. The Hall–Kier alpha value is -2.40. The van der Waals surface area contributed by atoms with Gasteiger partial charge in [-0.2, -0.15) is 0 Å². The van der Waals surface area contributed by atoms with Crippen molar-refractivity contribution in [1.82, 2.24) is 4.98 Å². The predicted molar refractivity (Wildman–Crippen MR) is 96.2 cm³/mol. The number of para-hydroxylation sites is 1. The molecule has 0 spiro atoms. The maximum absolute atomic E-state index is 12.4. The molecule has 0 N–H and O–H groups in total. The molecule has 5 heteroatoms. The van der Waals surface area contributed by atoms with Gasteiger partial charge in [-0.1, -0.05) is 42.5 Å². The van der Waals surface area contributed by atoms with Gasteiger partial charge in [0, 0.05) is 5.39 Å². The van der Waals surface area contributed by atoms with E-state index in [1.54, 1.807) is 6.92 Å². The number of carbonyl (C=O) groups is 1. The minimum Gasteiger partial charge on any atom is -0.487 e. The van der Waals surface area contributed by atoms with Crippen LogP contribution in [0.15, 0.2) is 59.2 Å². The normalized spacial score (nSPS) is 10.6. The van der Waals surface area contributed by atoms with Crippen molar-refractivity contribution in [2.45, 2.75) is 13.5 Å². The van der Waals surface area contributed by atoms with Crippen LogP contribution in [-0.4, -0.2) is 17.6 Å². The number of fused-ring (bicyclic) bond motifs is 1. The molecule has 0 unspecified atom stereocenters. The number of benzene rings is 2. The second-order valence-corrected chi connectivity index (χ2v) is 5.87. The van der Waals surface area contributed by atoms with Crippen molar-refractivity contribution >= 4 is 32.8 Å². The number of hydrogen-bond donors (Lipinski definition) is 0. The van der Waals surface area contributed by atoms with Crippen molar-refractivity contribution < 1.29 is 14.3 Å². The van der Waals surface area contributed by atoms with E-state index in [9.17, 15) is 4.79 Å². The molecule has 0 aliphatic carbocycles. The van der Waals surface area contributed by atoms with Crippen molar-refractivity contribution in [2.24, 2.45) is 0 Å². The first-order valence-corrected chi connectivity index (χ1v) is 8.42. The van der Waals surface area contributed by atoms with Crippen LogP contribution in [-0.2, 0) is 11.3 Å². The lowest BCUT2D eigenvalue weighted by Gasteiger charge is -2.15. The first kappa shape index (κ1) is 16.5. The minimum atomic E-state index is -0.453. The van der Waals surface area contributed by atoms with Crippen molar-refractivity contribution in [2.75, 3.05) is 6.61 Å². The van der Waals surface area contributed by atoms with E-state index >= 15 is 0 Å². The highest BCUT2D eigenvalue weighted by Crippen LogP contribution is 2.34. The van der Waals surface area contributed by atoms with Gasteiger partial charge in [0.25, 0.3) is 0 Å². The highest BCUT2D eigenvalue weighted by atomic mass is 79.9. The third-order valence-corrected chi connectivity index (χ3v) is 4.08. The van der Waals surface area contributed by atoms with Crippen molar-refractivity contribution in [3.63, 3.8) is 0 Å². The second kappa shape index (κ2) is 7.45. The van der Waals surface area contributed by atoms with Crippen LogP contribution in [0.25, 0.3) is 10.9 Å². The number of carbonyl (C=O) groups excluding carboxylic acids is 1. The van der Waals surface area contributed by atoms with E-state index in [4.69, 9.17) is 9.47 Å². The summed E-state index contributed by atoms with van der Waals surface area (Å²) in [6.07, 6.45) is 0. The number of hydrogen-bond acceptors (Lipinski definition) is 4. The average Bonchev–Trinajstić information content (AvgIpc) is 2.60. The summed E-state index contributed by atoms with van der Waals surface area (Å²) in [5.41, 5.74) is 2.08. The third-order valence-electron chi connectivity index (χ3n) is 3.51. The Bertz CT molecular complexity index is 865. The van der Waals surface area contributed by atoms with E-state index in [1.807, 2.05) is 54.6 Å². The van der Waals surface area contributed by atoms with Gasteiger partial charge in [0.2, 0.25) is 0 Å². The summed E-state index contributed by atoms with van der Waals surface area (Å²) >= 11 is 3.37. The summed E-state index contributed by atoms with van der Waals surface area (Å²) < 4.78 is 11.6. The van der Waals surface area contributed by atoms with E-state index in [2.05, 4.69) is 20.9 Å². The number of esters is 1. The molecular weight excluding hydrogens is 370 g/mol. The zero-order chi connectivity index (χ0) is 16.9. The van der Waals surface area contributed by atoms with Gasteiger partial charge in [0.1, 0.15) is 22.5 Å². The number of aromatic nitrogens is 1. The van der Waals surface area contributed by atoms with Crippen molar-refractivity contribution in [3.8, 4) is 5.75 Å². The molecule has 3 aromatic rings. The smallest absolute Gasteiger partial charge is 0.344 e. The maximum Gasteiger partial charge on any atom is 0.344 e. The van der Waals surface area contributed by atoms with Crippen molar-refractivity contribution in [1.29, 1.82) is 0 Å². The Morgan fingerprint density at radius 3 is 2.54 bits per heavy atom. The predicted octanol–water partition coefficient (Wildman–Crippen LogP) is 4.75. The lowest BCUT2D eigenvalue weighted by Crippen LogP contribution is -2.10. The molecule has 0 radical (unpaired) electrons. The topological polar surface area (TPSA) is 48.4 Å². The summed E-state index contributed by atoms with van der Waals surface area (Å²) in [6, 6.07) is 17.4. The fourth-order valence-corrected chi connectivity index (χ4v) is 2.95. The maximum atomic E-state index is 12.4. The zero-order valence-electron chi connectivity index (χ0n) is 13.2. The van der Waals surface area contributed by atoms with Crippen LogP contribution < -0.4 is 4.74 Å². The van der Waals surface area contributed by atoms with Gasteiger partial charge in [0.15, 0.2) is 0 Å².